The lowest BCUT2D eigenvalue weighted by atomic mass is 9.91. The molecular formula is C17H34N2O2. The van der Waals surface area contributed by atoms with Crippen LogP contribution in [0.3, 0.4) is 0 Å². The molecule has 0 aromatic rings. The summed E-state index contributed by atoms with van der Waals surface area (Å²) in [5, 5.41) is 3.41. The van der Waals surface area contributed by atoms with Crippen molar-refractivity contribution in [2.45, 2.75) is 90.4 Å². The van der Waals surface area contributed by atoms with Crippen molar-refractivity contribution >= 4 is 5.97 Å². The largest absolute Gasteiger partial charge is 0.468 e. The van der Waals surface area contributed by atoms with Gasteiger partial charge in [-0.05, 0) is 53.5 Å². The molecule has 4 heteroatoms. The lowest BCUT2D eigenvalue weighted by molar-refractivity contribution is -0.149. The highest BCUT2D eigenvalue weighted by molar-refractivity contribution is 5.80. The second-order valence-corrected chi connectivity index (χ2v) is 6.94. The first kappa shape index (κ1) is 18.4. The zero-order valence-corrected chi connectivity index (χ0v) is 14.7. The molecule has 1 rings (SSSR count). The zero-order chi connectivity index (χ0) is 16.0. The van der Waals surface area contributed by atoms with Gasteiger partial charge in [0.15, 0.2) is 0 Å². The summed E-state index contributed by atoms with van der Waals surface area (Å²) in [6, 6.07) is 1.31. The van der Waals surface area contributed by atoms with E-state index in [2.05, 4.69) is 37.9 Å². The third-order valence-corrected chi connectivity index (χ3v) is 4.67. The molecule has 0 spiro atoms. The average Bonchev–Trinajstić information content (AvgIpc) is 2.91. The molecule has 21 heavy (non-hydrogen) atoms. The van der Waals surface area contributed by atoms with Crippen LogP contribution in [0, 0.1) is 0 Å². The fourth-order valence-electron chi connectivity index (χ4n) is 3.94. The van der Waals surface area contributed by atoms with Crippen molar-refractivity contribution in [3.8, 4) is 0 Å². The maximum absolute atomic E-state index is 12.2. The Hall–Kier alpha value is -0.610. The van der Waals surface area contributed by atoms with Gasteiger partial charge in [-0.1, -0.05) is 19.8 Å². The Kier molecular flexibility index (Phi) is 7.14. The molecule has 1 saturated carbocycles. The number of hydrogen-bond acceptors (Lipinski definition) is 4. The van der Waals surface area contributed by atoms with E-state index in [0.717, 1.165) is 13.0 Å². The SMILES string of the molecule is CCN(C(C)CC(C)(NC(C)C)C(=O)OC)C1CCCC1. The van der Waals surface area contributed by atoms with Crippen molar-refractivity contribution in [3.05, 3.63) is 0 Å². The molecule has 1 N–H and O–H groups in total. The van der Waals surface area contributed by atoms with Gasteiger partial charge in [-0.3, -0.25) is 15.0 Å². The van der Waals surface area contributed by atoms with Gasteiger partial charge < -0.3 is 4.74 Å². The van der Waals surface area contributed by atoms with Crippen LogP contribution in [0.1, 0.15) is 66.7 Å². The van der Waals surface area contributed by atoms with Crippen LogP contribution < -0.4 is 5.32 Å². The number of hydrogen-bond donors (Lipinski definition) is 1. The van der Waals surface area contributed by atoms with Crippen molar-refractivity contribution in [2.75, 3.05) is 13.7 Å². The second kappa shape index (κ2) is 8.14. The van der Waals surface area contributed by atoms with Crippen LogP contribution in [0.2, 0.25) is 0 Å². The van der Waals surface area contributed by atoms with Crippen LogP contribution in [-0.4, -0.2) is 48.2 Å². The Morgan fingerprint density at radius 3 is 2.33 bits per heavy atom. The quantitative estimate of drug-likeness (QED) is 0.700. The van der Waals surface area contributed by atoms with Crippen LogP contribution in [0.5, 0.6) is 0 Å². The maximum atomic E-state index is 12.2. The third-order valence-electron chi connectivity index (χ3n) is 4.67. The van der Waals surface area contributed by atoms with Crippen LogP contribution in [-0.2, 0) is 9.53 Å². The van der Waals surface area contributed by atoms with E-state index in [1.54, 1.807) is 0 Å². The molecule has 2 unspecified atom stereocenters. The summed E-state index contributed by atoms with van der Waals surface area (Å²) in [4.78, 5) is 14.8. The lowest BCUT2D eigenvalue weighted by Gasteiger charge is -2.39. The standard InChI is InChI=1S/C17H34N2O2/c1-7-19(15-10-8-9-11-15)14(4)12-17(5,16(20)21-6)18-13(2)3/h13-15,18H,7-12H2,1-6H3. The fraction of sp³-hybridized carbons (Fsp3) is 0.941. The Morgan fingerprint density at radius 1 is 1.33 bits per heavy atom. The summed E-state index contributed by atoms with van der Waals surface area (Å²) in [5.74, 6) is -0.162. The fourth-order valence-corrected chi connectivity index (χ4v) is 3.94. The molecule has 1 aliphatic carbocycles. The predicted molar refractivity (Wildman–Crippen MR) is 87.4 cm³/mol. The van der Waals surface area contributed by atoms with E-state index in [1.807, 2.05) is 6.92 Å². The van der Waals surface area contributed by atoms with E-state index in [-0.39, 0.29) is 12.0 Å². The van der Waals surface area contributed by atoms with E-state index in [0.29, 0.717) is 12.1 Å². The van der Waals surface area contributed by atoms with Crippen LogP contribution in [0.15, 0.2) is 0 Å². The molecule has 124 valence electrons. The van der Waals surface area contributed by atoms with E-state index >= 15 is 0 Å². The first-order valence-electron chi connectivity index (χ1n) is 8.46. The minimum absolute atomic E-state index is 0.162. The van der Waals surface area contributed by atoms with Gasteiger partial charge in [-0.15, -0.1) is 0 Å². The molecule has 0 bridgehead atoms. The van der Waals surface area contributed by atoms with Crippen molar-refractivity contribution in [1.29, 1.82) is 0 Å². The molecule has 0 saturated heterocycles. The molecule has 0 amide bonds. The number of methoxy groups -OCH3 is 1. The number of carbonyl (C=O) groups excluding carboxylic acids is 1. The Balaban J connectivity index is 2.77. The zero-order valence-electron chi connectivity index (χ0n) is 14.7. The summed E-state index contributed by atoms with van der Waals surface area (Å²) >= 11 is 0. The van der Waals surface area contributed by atoms with E-state index in [9.17, 15) is 4.79 Å². The number of esters is 1. The predicted octanol–water partition coefficient (Wildman–Crippen LogP) is 2.96. The second-order valence-electron chi connectivity index (χ2n) is 6.94. The van der Waals surface area contributed by atoms with Gasteiger partial charge in [0.05, 0.1) is 7.11 Å². The van der Waals surface area contributed by atoms with Gasteiger partial charge in [0.25, 0.3) is 0 Å². The van der Waals surface area contributed by atoms with Crippen molar-refractivity contribution in [1.82, 2.24) is 10.2 Å². The number of carbonyl (C=O) groups is 1. The summed E-state index contributed by atoms with van der Waals surface area (Å²) in [6.45, 7) is 11.6. The van der Waals surface area contributed by atoms with E-state index in [4.69, 9.17) is 4.74 Å². The molecule has 0 heterocycles. The molecule has 1 fully saturated rings. The van der Waals surface area contributed by atoms with Gasteiger partial charge >= 0.3 is 5.97 Å². The summed E-state index contributed by atoms with van der Waals surface area (Å²) in [7, 11) is 1.47. The van der Waals surface area contributed by atoms with Crippen LogP contribution in [0.25, 0.3) is 0 Å². The van der Waals surface area contributed by atoms with Crippen molar-refractivity contribution < 1.29 is 9.53 Å². The minimum atomic E-state index is -0.617. The first-order chi connectivity index (χ1) is 9.84. The number of ether oxygens (including phenoxy) is 1. The number of rotatable bonds is 8. The molecular weight excluding hydrogens is 264 g/mol. The van der Waals surface area contributed by atoms with Crippen LogP contribution in [0.4, 0.5) is 0 Å². The molecule has 4 nitrogen and oxygen atoms in total. The summed E-state index contributed by atoms with van der Waals surface area (Å²) < 4.78 is 5.04. The number of nitrogens with one attached hydrogen (secondary N) is 1. The molecule has 0 aromatic heterocycles. The Labute approximate surface area is 130 Å². The lowest BCUT2D eigenvalue weighted by Crippen LogP contribution is -2.56. The highest BCUT2D eigenvalue weighted by Gasteiger charge is 2.38. The monoisotopic (exact) mass is 298 g/mol. The molecule has 0 radical (unpaired) electrons. The number of nitrogens with zero attached hydrogens (tertiary/aromatic N) is 1. The van der Waals surface area contributed by atoms with Gasteiger partial charge in [0, 0.05) is 18.1 Å². The normalized spacial score (nSPS) is 20.8. The molecule has 2 atom stereocenters. The highest BCUT2D eigenvalue weighted by atomic mass is 16.5. The highest BCUT2D eigenvalue weighted by Crippen LogP contribution is 2.28. The van der Waals surface area contributed by atoms with Crippen LogP contribution >= 0.6 is 0 Å². The van der Waals surface area contributed by atoms with Crippen molar-refractivity contribution in [2.24, 2.45) is 0 Å². The Morgan fingerprint density at radius 2 is 1.90 bits per heavy atom. The topological polar surface area (TPSA) is 41.6 Å². The maximum Gasteiger partial charge on any atom is 0.325 e. The Bertz CT molecular complexity index is 327. The van der Waals surface area contributed by atoms with Gasteiger partial charge in [0.2, 0.25) is 0 Å². The molecule has 0 aliphatic heterocycles. The van der Waals surface area contributed by atoms with Gasteiger partial charge in [0.1, 0.15) is 5.54 Å². The molecule has 1 aliphatic rings. The van der Waals surface area contributed by atoms with Gasteiger partial charge in [-0.25, -0.2) is 0 Å². The van der Waals surface area contributed by atoms with E-state index < -0.39 is 5.54 Å². The minimum Gasteiger partial charge on any atom is -0.468 e. The summed E-state index contributed by atoms with van der Waals surface area (Å²) in [5.41, 5.74) is -0.617. The van der Waals surface area contributed by atoms with Crippen molar-refractivity contribution in [3.63, 3.8) is 0 Å². The summed E-state index contributed by atoms with van der Waals surface area (Å²) in [6.07, 6.45) is 6.05. The smallest absolute Gasteiger partial charge is 0.325 e. The third kappa shape index (κ3) is 4.96. The average molecular weight is 298 g/mol. The van der Waals surface area contributed by atoms with Gasteiger partial charge in [-0.2, -0.15) is 0 Å². The first-order valence-corrected chi connectivity index (χ1v) is 8.46. The molecule has 0 aromatic carbocycles. The van der Waals surface area contributed by atoms with E-state index in [1.165, 1.54) is 32.8 Å².